The van der Waals surface area contributed by atoms with Crippen LogP contribution in [0.3, 0.4) is 0 Å². The standard InChI is InChI=1S/C6H8F3N2.C4F10NO4S2.CH4/c1-10-2-3-11(5-10)4-6(7,8)9;5-1(6,7)3(11,12)20(16,17)15-21(18,19)4(13,14)2(8,9)10;/h2-3,5H,4H2,1H3;;1H4/q+1;-1;. The van der Waals surface area contributed by atoms with Gasteiger partial charge in [-0.05, 0) is 0 Å². The summed E-state index contributed by atoms with van der Waals surface area (Å²) in [6.45, 7) is -0.923. The molecule has 1 heterocycles. The Hall–Kier alpha value is -1.84. The summed E-state index contributed by atoms with van der Waals surface area (Å²) in [6, 6.07) is 0. The number of hydrogen-bond acceptors (Lipinski definition) is 4. The number of aryl methyl sites for hydroxylation is 1. The van der Waals surface area contributed by atoms with Gasteiger partial charge >= 0.3 is 29.0 Å². The Morgan fingerprint density at radius 2 is 1.09 bits per heavy atom. The summed E-state index contributed by atoms with van der Waals surface area (Å²) < 4.78 is 199. The summed E-state index contributed by atoms with van der Waals surface area (Å²) in [5.74, 6) is 0. The summed E-state index contributed by atoms with van der Waals surface area (Å²) in [7, 11) is -13.6. The van der Waals surface area contributed by atoms with Gasteiger partial charge in [-0.15, -0.1) is 0 Å². The van der Waals surface area contributed by atoms with E-state index in [0.29, 0.717) is 4.13 Å². The molecule has 0 aliphatic rings. The molecule has 0 atom stereocenters. The van der Waals surface area contributed by atoms with Crippen LogP contribution in [0.15, 0.2) is 18.7 Å². The number of imidazole rings is 1. The second-order valence-corrected chi connectivity index (χ2v) is 8.94. The van der Waals surface area contributed by atoms with Crippen LogP contribution in [0.25, 0.3) is 4.13 Å². The van der Waals surface area contributed by atoms with Crippen LogP contribution in [-0.4, -0.2) is 50.4 Å². The fraction of sp³-hybridized carbons (Fsp3) is 0.727. The van der Waals surface area contributed by atoms with Gasteiger partial charge in [-0.25, -0.2) is 26.0 Å². The van der Waals surface area contributed by atoms with Crippen molar-refractivity contribution in [2.24, 2.45) is 7.05 Å². The van der Waals surface area contributed by atoms with Gasteiger partial charge in [0.05, 0.1) is 7.05 Å². The van der Waals surface area contributed by atoms with Gasteiger partial charge in [0.1, 0.15) is 12.4 Å². The highest BCUT2D eigenvalue weighted by molar-refractivity contribution is 8.13. The molecule has 0 N–H and O–H groups in total. The lowest BCUT2D eigenvalue weighted by molar-refractivity contribution is -0.671. The lowest BCUT2D eigenvalue weighted by Crippen LogP contribution is -2.48. The highest BCUT2D eigenvalue weighted by Crippen LogP contribution is 2.47. The number of aromatic nitrogens is 2. The van der Waals surface area contributed by atoms with Crippen molar-refractivity contribution in [1.82, 2.24) is 4.57 Å². The second-order valence-electron chi connectivity index (χ2n) is 5.42. The zero-order chi connectivity index (χ0) is 26.2. The normalized spacial score (nSPS) is 14.2. The molecule has 1 rings (SSSR count). The average Bonchev–Trinajstić information content (AvgIpc) is 2.87. The fourth-order valence-corrected chi connectivity index (χ4v) is 3.68. The molecule has 0 aliphatic carbocycles. The van der Waals surface area contributed by atoms with E-state index in [1.165, 1.54) is 12.5 Å². The van der Waals surface area contributed by atoms with Crippen LogP contribution in [0.1, 0.15) is 7.43 Å². The number of rotatable bonds is 5. The van der Waals surface area contributed by atoms with Crippen LogP contribution in [-0.2, 0) is 33.6 Å². The minimum Gasteiger partial charge on any atom is -0.425 e. The molecule has 0 fully saturated rings. The molecule has 0 unspecified atom stereocenters. The van der Waals surface area contributed by atoms with Crippen LogP contribution in [0.2, 0.25) is 0 Å². The molecule has 0 amide bonds. The third-order valence-electron chi connectivity index (χ3n) is 2.69. The van der Waals surface area contributed by atoms with E-state index in [1.54, 1.807) is 17.8 Å². The van der Waals surface area contributed by atoms with E-state index in [4.69, 9.17) is 0 Å². The Morgan fingerprint density at radius 1 is 0.758 bits per heavy atom. The highest BCUT2D eigenvalue weighted by Gasteiger charge is 2.68. The van der Waals surface area contributed by atoms with Crippen LogP contribution in [0.4, 0.5) is 57.1 Å². The maximum absolute atomic E-state index is 12.3. The Labute approximate surface area is 176 Å². The number of sulfonamides is 2. The number of alkyl halides is 13. The quantitative estimate of drug-likeness (QED) is 0.404. The third-order valence-corrected chi connectivity index (χ3v) is 6.02. The average molecular weight is 561 g/mol. The lowest BCUT2D eigenvalue weighted by Gasteiger charge is -2.31. The zero-order valence-corrected chi connectivity index (χ0v) is 16.3. The zero-order valence-electron chi connectivity index (χ0n) is 14.6. The monoisotopic (exact) mass is 561 g/mol. The van der Waals surface area contributed by atoms with E-state index in [1.807, 2.05) is 0 Å². The summed E-state index contributed by atoms with van der Waals surface area (Å²) in [4.78, 5) is 0. The van der Waals surface area contributed by atoms with Crippen molar-refractivity contribution in [3.63, 3.8) is 0 Å². The summed E-state index contributed by atoms with van der Waals surface area (Å²) in [5.41, 5.74) is 0. The molecular formula is C11H12F13N3O4S2. The molecule has 0 aliphatic heterocycles. The minimum absolute atomic E-state index is 0. The molecule has 0 saturated carbocycles. The molecule has 0 radical (unpaired) electrons. The van der Waals surface area contributed by atoms with E-state index < -0.39 is 55.6 Å². The van der Waals surface area contributed by atoms with Crippen molar-refractivity contribution in [1.29, 1.82) is 0 Å². The molecular weight excluding hydrogens is 549 g/mol. The molecule has 7 nitrogen and oxygen atoms in total. The van der Waals surface area contributed by atoms with E-state index in [0.717, 1.165) is 4.57 Å². The largest absolute Gasteiger partial charge is 0.467 e. The third kappa shape index (κ3) is 8.15. The van der Waals surface area contributed by atoms with E-state index in [2.05, 4.69) is 0 Å². The number of nitrogens with zero attached hydrogens (tertiary/aromatic N) is 3. The first-order chi connectivity index (χ1) is 13.7. The van der Waals surface area contributed by atoms with Gasteiger partial charge in [0.15, 0.2) is 26.6 Å². The smallest absolute Gasteiger partial charge is 0.425 e. The van der Waals surface area contributed by atoms with Crippen molar-refractivity contribution < 1.29 is 78.5 Å². The molecule has 198 valence electrons. The molecule has 22 heteroatoms. The Morgan fingerprint density at radius 3 is 1.30 bits per heavy atom. The molecule has 0 bridgehead atoms. The van der Waals surface area contributed by atoms with Gasteiger partial charge < -0.3 is 4.13 Å². The minimum atomic E-state index is -7.62. The maximum Gasteiger partial charge on any atom is 0.467 e. The highest BCUT2D eigenvalue weighted by atomic mass is 32.3. The SMILES string of the molecule is C.C[n+]1ccn(CC(F)(F)F)c1.O=S(=O)([N-]S(=O)(=O)C(F)(F)C(F)(F)F)C(F)(F)C(F)(F)F. The summed E-state index contributed by atoms with van der Waals surface area (Å²) in [5, 5.41) is -14.0. The summed E-state index contributed by atoms with van der Waals surface area (Å²) in [6.07, 6.45) is -13.8. The first-order valence-corrected chi connectivity index (χ1v) is 9.76. The van der Waals surface area contributed by atoms with Gasteiger partial charge in [-0.3, -0.25) is 0 Å². The molecule has 0 aromatic carbocycles. The van der Waals surface area contributed by atoms with E-state index in [-0.39, 0.29) is 7.43 Å². The fourth-order valence-electron chi connectivity index (χ4n) is 1.32. The molecule has 1 aromatic rings. The van der Waals surface area contributed by atoms with Gasteiger partial charge in [-0.2, -0.15) is 57.1 Å². The predicted molar refractivity (Wildman–Crippen MR) is 81.6 cm³/mol. The maximum atomic E-state index is 12.3. The topological polar surface area (TPSA) is 91.2 Å². The van der Waals surface area contributed by atoms with Crippen molar-refractivity contribution in [2.45, 2.75) is 43.0 Å². The molecule has 33 heavy (non-hydrogen) atoms. The van der Waals surface area contributed by atoms with Crippen molar-refractivity contribution in [3.05, 3.63) is 22.8 Å². The molecule has 0 spiro atoms. The van der Waals surface area contributed by atoms with Gasteiger partial charge in [0, 0.05) is 0 Å². The Kier molecular flexibility index (Phi) is 9.90. The second kappa shape index (κ2) is 9.80. The van der Waals surface area contributed by atoms with Crippen LogP contribution in [0, 0.1) is 0 Å². The van der Waals surface area contributed by atoms with Crippen LogP contribution < -0.4 is 4.57 Å². The van der Waals surface area contributed by atoms with E-state index in [9.17, 15) is 73.9 Å². The Balaban J connectivity index is 0. The summed E-state index contributed by atoms with van der Waals surface area (Å²) >= 11 is 0. The lowest BCUT2D eigenvalue weighted by atomic mass is 10.6. The van der Waals surface area contributed by atoms with Gasteiger partial charge in [0.25, 0.3) is 0 Å². The molecule has 1 aromatic heterocycles. The van der Waals surface area contributed by atoms with Crippen LogP contribution in [0.5, 0.6) is 0 Å². The van der Waals surface area contributed by atoms with E-state index >= 15 is 0 Å². The van der Waals surface area contributed by atoms with Gasteiger partial charge in [0.2, 0.25) is 6.33 Å². The number of hydrogen-bond donors (Lipinski definition) is 0. The molecule has 0 saturated heterocycles. The van der Waals surface area contributed by atoms with Crippen molar-refractivity contribution in [3.8, 4) is 0 Å². The predicted octanol–water partition coefficient (Wildman–Crippen LogP) is 3.84. The van der Waals surface area contributed by atoms with Crippen molar-refractivity contribution in [2.75, 3.05) is 0 Å². The first-order valence-electron chi connectivity index (χ1n) is 6.88. The Bertz CT molecular complexity index is 938. The number of halogens is 13. The van der Waals surface area contributed by atoms with Crippen LogP contribution >= 0.6 is 0 Å². The first kappa shape index (κ1) is 33.3. The van der Waals surface area contributed by atoms with Crippen molar-refractivity contribution >= 4 is 20.0 Å². The van der Waals surface area contributed by atoms with Gasteiger partial charge in [-0.1, -0.05) is 7.43 Å².